The minimum atomic E-state index is 0.597. The van der Waals surface area contributed by atoms with Crippen molar-refractivity contribution in [3.05, 3.63) is 30.3 Å². The van der Waals surface area contributed by atoms with E-state index in [2.05, 4.69) is 48.7 Å². The van der Waals surface area contributed by atoms with Crippen LogP contribution in [0.1, 0.15) is 20.3 Å². The lowest BCUT2D eigenvalue weighted by Crippen LogP contribution is -2.25. The lowest BCUT2D eigenvalue weighted by atomic mass is 10.1. The molecule has 0 saturated heterocycles. The van der Waals surface area contributed by atoms with Crippen LogP contribution in [0.25, 0.3) is 0 Å². The van der Waals surface area contributed by atoms with Gasteiger partial charge in [0.25, 0.3) is 0 Å². The lowest BCUT2D eigenvalue weighted by Gasteiger charge is -2.08. The van der Waals surface area contributed by atoms with Gasteiger partial charge in [-0.3, -0.25) is 0 Å². The smallest absolute Gasteiger partial charge is 0.0340 e. The summed E-state index contributed by atoms with van der Waals surface area (Å²) < 4.78 is 0. The van der Waals surface area contributed by atoms with Crippen LogP contribution < -0.4 is 10.6 Å². The Labute approximate surface area is 98.4 Å². The maximum atomic E-state index is 3.51. The van der Waals surface area contributed by atoms with Gasteiger partial charge in [0.15, 0.2) is 0 Å². The molecular formula is C14H22N2. The number of hydrogen-bond donors (Lipinski definition) is 2. The minimum Gasteiger partial charge on any atom is -0.384 e. The average Bonchev–Trinajstić information content (AvgIpc) is 2.87. The highest BCUT2D eigenvalue weighted by atomic mass is 15.0. The predicted octanol–water partition coefficient (Wildman–Crippen LogP) is 2.73. The third-order valence-electron chi connectivity index (χ3n) is 3.51. The van der Waals surface area contributed by atoms with Crippen molar-refractivity contribution in [1.29, 1.82) is 0 Å². The molecule has 88 valence electrons. The zero-order valence-corrected chi connectivity index (χ0v) is 10.3. The second kappa shape index (κ2) is 4.88. The molecule has 2 rings (SSSR count). The van der Waals surface area contributed by atoms with Gasteiger partial charge in [0.1, 0.15) is 0 Å². The largest absolute Gasteiger partial charge is 0.384 e. The van der Waals surface area contributed by atoms with Crippen LogP contribution >= 0.6 is 0 Å². The van der Waals surface area contributed by atoms with Crippen molar-refractivity contribution in [1.82, 2.24) is 5.32 Å². The van der Waals surface area contributed by atoms with Gasteiger partial charge in [-0.05, 0) is 36.4 Å². The van der Waals surface area contributed by atoms with E-state index in [-0.39, 0.29) is 0 Å². The molecule has 0 aromatic heterocycles. The van der Waals surface area contributed by atoms with E-state index in [4.69, 9.17) is 0 Å². The number of anilines is 1. The van der Waals surface area contributed by atoms with Gasteiger partial charge < -0.3 is 10.6 Å². The molecule has 1 unspecified atom stereocenters. The highest BCUT2D eigenvalue weighted by molar-refractivity contribution is 5.42. The number of benzene rings is 1. The van der Waals surface area contributed by atoms with Crippen LogP contribution in [-0.2, 0) is 0 Å². The van der Waals surface area contributed by atoms with E-state index in [1.54, 1.807) is 0 Å². The fraction of sp³-hybridized carbons (Fsp3) is 0.571. The average molecular weight is 218 g/mol. The summed E-state index contributed by atoms with van der Waals surface area (Å²) in [7, 11) is 0. The minimum absolute atomic E-state index is 0.597. The fourth-order valence-electron chi connectivity index (χ4n) is 2.05. The van der Waals surface area contributed by atoms with Crippen LogP contribution in [-0.4, -0.2) is 19.6 Å². The van der Waals surface area contributed by atoms with E-state index in [9.17, 15) is 0 Å². The Hall–Kier alpha value is -1.02. The summed E-state index contributed by atoms with van der Waals surface area (Å²) in [5.74, 6) is 0.893. The quantitative estimate of drug-likeness (QED) is 0.717. The number of hydrogen-bond acceptors (Lipinski definition) is 2. The molecule has 2 heteroatoms. The maximum Gasteiger partial charge on any atom is 0.0340 e. The van der Waals surface area contributed by atoms with Crippen LogP contribution in [0.2, 0.25) is 0 Å². The topological polar surface area (TPSA) is 24.1 Å². The highest BCUT2D eigenvalue weighted by Crippen LogP contribution is 2.50. The lowest BCUT2D eigenvalue weighted by molar-refractivity contribution is 0.524. The van der Waals surface area contributed by atoms with Crippen LogP contribution in [0.5, 0.6) is 0 Å². The Morgan fingerprint density at radius 1 is 1.19 bits per heavy atom. The SMILES string of the molecule is CC1(C)CC1CNCCNc1ccccc1. The third-order valence-corrected chi connectivity index (χ3v) is 3.51. The van der Waals surface area contributed by atoms with Gasteiger partial charge in [-0.15, -0.1) is 0 Å². The Bertz CT molecular complexity index is 319. The summed E-state index contributed by atoms with van der Waals surface area (Å²) in [6, 6.07) is 10.4. The molecule has 0 bridgehead atoms. The first-order valence-corrected chi connectivity index (χ1v) is 6.18. The molecule has 2 nitrogen and oxygen atoms in total. The Morgan fingerprint density at radius 3 is 2.50 bits per heavy atom. The Balaban J connectivity index is 1.53. The number of para-hydroxylation sites is 1. The molecule has 1 aromatic rings. The van der Waals surface area contributed by atoms with E-state index < -0.39 is 0 Å². The van der Waals surface area contributed by atoms with Crippen LogP contribution in [0.15, 0.2) is 30.3 Å². The van der Waals surface area contributed by atoms with Crippen molar-refractivity contribution in [2.45, 2.75) is 20.3 Å². The van der Waals surface area contributed by atoms with E-state index in [0.29, 0.717) is 5.41 Å². The number of nitrogens with one attached hydrogen (secondary N) is 2. The van der Waals surface area contributed by atoms with Gasteiger partial charge in [-0.25, -0.2) is 0 Å². The van der Waals surface area contributed by atoms with Gasteiger partial charge in [0.2, 0.25) is 0 Å². The molecule has 1 atom stereocenters. The second-order valence-electron chi connectivity index (χ2n) is 5.39. The van der Waals surface area contributed by atoms with Crippen molar-refractivity contribution < 1.29 is 0 Å². The zero-order valence-electron chi connectivity index (χ0n) is 10.3. The molecule has 0 aliphatic heterocycles. The monoisotopic (exact) mass is 218 g/mol. The molecule has 1 aromatic carbocycles. The van der Waals surface area contributed by atoms with Crippen LogP contribution in [0, 0.1) is 11.3 Å². The molecule has 0 radical (unpaired) electrons. The molecule has 16 heavy (non-hydrogen) atoms. The fourth-order valence-corrected chi connectivity index (χ4v) is 2.05. The van der Waals surface area contributed by atoms with Gasteiger partial charge >= 0.3 is 0 Å². The summed E-state index contributed by atoms with van der Waals surface area (Å²) in [5.41, 5.74) is 1.80. The zero-order chi connectivity index (χ0) is 11.4. The van der Waals surface area contributed by atoms with Crippen molar-refractivity contribution in [2.24, 2.45) is 11.3 Å². The van der Waals surface area contributed by atoms with Crippen molar-refractivity contribution >= 4 is 5.69 Å². The molecule has 1 aliphatic rings. The molecule has 0 amide bonds. The Morgan fingerprint density at radius 2 is 1.88 bits per heavy atom. The maximum absolute atomic E-state index is 3.51. The van der Waals surface area contributed by atoms with Crippen molar-refractivity contribution in [3.8, 4) is 0 Å². The molecule has 0 heterocycles. The standard InChI is InChI=1S/C14H22N2/c1-14(2)10-12(14)11-15-8-9-16-13-6-4-3-5-7-13/h3-7,12,15-16H,8-11H2,1-2H3. The first-order valence-electron chi connectivity index (χ1n) is 6.18. The van der Waals surface area contributed by atoms with E-state index in [1.807, 2.05) is 6.07 Å². The van der Waals surface area contributed by atoms with Crippen LogP contribution in [0.4, 0.5) is 5.69 Å². The van der Waals surface area contributed by atoms with Gasteiger partial charge in [-0.1, -0.05) is 32.0 Å². The predicted molar refractivity (Wildman–Crippen MR) is 69.7 cm³/mol. The van der Waals surface area contributed by atoms with Crippen molar-refractivity contribution in [2.75, 3.05) is 25.0 Å². The normalized spacial score (nSPS) is 21.8. The van der Waals surface area contributed by atoms with Crippen molar-refractivity contribution in [3.63, 3.8) is 0 Å². The molecule has 0 spiro atoms. The highest BCUT2D eigenvalue weighted by Gasteiger charge is 2.44. The third kappa shape index (κ3) is 3.24. The summed E-state index contributed by atoms with van der Waals surface area (Å²) in [4.78, 5) is 0. The first-order chi connectivity index (χ1) is 7.68. The van der Waals surface area contributed by atoms with Gasteiger partial charge in [0, 0.05) is 18.8 Å². The summed E-state index contributed by atoms with van der Waals surface area (Å²) in [6.45, 7) is 7.91. The molecule has 2 N–H and O–H groups in total. The van der Waals surface area contributed by atoms with Crippen LogP contribution in [0.3, 0.4) is 0 Å². The molecule has 1 saturated carbocycles. The molecular weight excluding hydrogens is 196 g/mol. The summed E-state index contributed by atoms with van der Waals surface area (Å²) in [5, 5.41) is 6.91. The van der Waals surface area contributed by atoms with Gasteiger partial charge in [0.05, 0.1) is 0 Å². The Kier molecular flexibility index (Phi) is 3.49. The van der Waals surface area contributed by atoms with E-state index >= 15 is 0 Å². The van der Waals surface area contributed by atoms with E-state index in [0.717, 1.165) is 19.0 Å². The number of rotatable bonds is 6. The first kappa shape index (κ1) is 11.5. The summed E-state index contributed by atoms with van der Waals surface area (Å²) in [6.07, 6.45) is 1.38. The second-order valence-corrected chi connectivity index (χ2v) is 5.39. The molecule has 1 fully saturated rings. The van der Waals surface area contributed by atoms with Gasteiger partial charge in [-0.2, -0.15) is 0 Å². The summed E-state index contributed by atoms with van der Waals surface area (Å²) >= 11 is 0. The molecule has 1 aliphatic carbocycles. The van der Waals surface area contributed by atoms with E-state index in [1.165, 1.54) is 18.7 Å².